The van der Waals surface area contributed by atoms with Crippen LogP contribution in [0.5, 0.6) is 0 Å². The van der Waals surface area contributed by atoms with Crippen molar-refractivity contribution in [3.05, 3.63) is 54.1 Å². The quantitative estimate of drug-likeness (QED) is 0.831. The van der Waals surface area contributed by atoms with E-state index >= 15 is 0 Å². The highest BCUT2D eigenvalue weighted by Gasteiger charge is 2.13. The van der Waals surface area contributed by atoms with Crippen molar-refractivity contribution in [2.45, 2.75) is 13.5 Å². The lowest BCUT2D eigenvalue weighted by Gasteiger charge is -1.98. The van der Waals surface area contributed by atoms with Crippen molar-refractivity contribution in [3.63, 3.8) is 0 Å². The van der Waals surface area contributed by atoms with Crippen molar-refractivity contribution in [1.82, 2.24) is 4.57 Å². The zero-order valence-electron chi connectivity index (χ0n) is 11.4. The Labute approximate surface area is 116 Å². The molecule has 2 aromatic rings. The molecule has 1 aromatic heterocycles. The monoisotopic (exact) mass is 277 g/mol. The Balaban J connectivity index is 0.000000217. The highest BCUT2D eigenvalue weighted by Crippen LogP contribution is 2.07. The lowest BCUT2D eigenvalue weighted by atomic mass is 10.1. The van der Waals surface area contributed by atoms with E-state index in [1.165, 1.54) is 24.3 Å². The molecule has 20 heavy (non-hydrogen) atoms. The van der Waals surface area contributed by atoms with Crippen LogP contribution < -0.4 is 4.57 Å². The van der Waals surface area contributed by atoms with Crippen molar-refractivity contribution < 1.29 is 24.4 Å². The predicted molar refractivity (Wildman–Crippen MR) is 71.6 cm³/mol. The molecule has 0 aliphatic heterocycles. The molecule has 0 atom stereocenters. The summed E-state index contributed by atoms with van der Waals surface area (Å²) in [6.45, 7) is 3.18. The van der Waals surface area contributed by atoms with Gasteiger partial charge in [0.15, 0.2) is 0 Å². The van der Waals surface area contributed by atoms with Gasteiger partial charge in [-0.2, -0.15) is 0 Å². The first kappa shape index (κ1) is 15.4. The van der Waals surface area contributed by atoms with Gasteiger partial charge >= 0.3 is 11.9 Å². The number of nitrogens with zero attached hydrogens (tertiary/aromatic N) is 2. The number of hydrogen-bond acceptors (Lipinski definition) is 2. The normalized spacial score (nSPS) is 9.50. The second-order valence-corrected chi connectivity index (χ2v) is 4.07. The van der Waals surface area contributed by atoms with E-state index in [4.69, 9.17) is 10.2 Å². The minimum Gasteiger partial charge on any atom is -0.478 e. The maximum absolute atomic E-state index is 10.5. The van der Waals surface area contributed by atoms with E-state index in [1.54, 1.807) is 0 Å². The molecule has 0 unspecified atom stereocenters. The topological polar surface area (TPSA) is 83.4 Å². The zero-order valence-corrected chi connectivity index (χ0v) is 11.4. The van der Waals surface area contributed by atoms with Gasteiger partial charge < -0.3 is 10.2 Å². The number of aromatic carboxylic acids is 2. The van der Waals surface area contributed by atoms with Crippen molar-refractivity contribution in [1.29, 1.82) is 0 Å². The van der Waals surface area contributed by atoms with E-state index in [9.17, 15) is 9.59 Å². The SMILES string of the molecule is CCn1cc[n+](C)c1.O=C(O)c1ccccc1C(=O)O. The molecule has 2 N–H and O–H groups in total. The molecule has 0 spiro atoms. The summed E-state index contributed by atoms with van der Waals surface area (Å²) in [5.41, 5.74) is -0.380. The van der Waals surface area contributed by atoms with Crippen LogP contribution in [0, 0.1) is 0 Å². The molecular formula is C14H17N2O4+. The molecule has 1 aromatic carbocycles. The number of rotatable bonds is 3. The van der Waals surface area contributed by atoms with Crippen molar-refractivity contribution in [3.8, 4) is 0 Å². The molecule has 0 saturated heterocycles. The Morgan fingerprint density at radius 3 is 1.90 bits per heavy atom. The van der Waals surface area contributed by atoms with Gasteiger partial charge in [0.05, 0.1) is 24.7 Å². The number of carboxylic acid groups (broad SMARTS) is 2. The first-order chi connectivity index (χ1) is 9.45. The maximum Gasteiger partial charge on any atom is 0.336 e. The predicted octanol–water partition coefficient (Wildman–Crippen LogP) is 1.42. The lowest BCUT2D eigenvalue weighted by Crippen LogP contribution is -2.23. The Hall–Kier alpha value is -2.63. The molecule has 0 fully saturated rings. The Kier molecular flexibility index (Phi) is 5.46. The van der Waals surface area contributed by atoms with Crippen molar-refractivity contribution >= 4 is 11.9 Å². The third-order valence-corrected chi connectivity index (χ3v) is 2.58. The van der Waals surface area contributed by atoms with Crippen LogP contribution in [0.2, 0.25) is 0 Å². The summed E-state index contributed by atoms with van der Waals surface area (Å²) in [6.07, 6.45) is 6.14. The first-order valence-electron chi connectivity index (χ1n) is 6.02. The summed E-state index contributed by atoms with van der Waals surface area (Å²) in [6, 6.07) is 5.48. The maximum atomic E-state index is 10.5. The molecule has 0 bridgehead atoms. The van der Waals surface area contributed by atoms with Crippen LogP contribution in [0.15, 0.2) is 43.0 Å². The highest BCUT2D eigenvalue weighted by atomic mass is 16.4. The summed E-state index contributed by atoms with van der Waals surface area (Å²) in [5.74, 6) is -2.46. The molecule has 0 aliphatic rings. The Bertz CT molecular complexity index is 572. The van der Waals surface area contributed by atoms with Gasteiger partial charge in [0.1, 0.15) is 12.4 Å². The Morgan fingerprint density at radius 1 is 1.15 bits per heavy atom. The number of imidazole rings is 1. The summed E-state index contributed by atoms with van der Waals surface area (Å²) >= 11 is 0. The van der Waals surface area contributed by atoms with Gasteiger partial charge in [-0.3, -0.25) is 0 Å². The molecule has 106 valence electrons. The molecule has 6 nitrogen and oxygen atoms in total. The van der Waals surface area contributed by atoms with Crippen LogP contribution in [-0.2, 0) is 13.6 Å². The molecule has 6 heteroatoms. The molecule has 2 rings (SSSR count). The highest BCUT2D eigenvalue weighted by molar-refractivity contribution is 6.01. The third-order valence-electron chi connectivity index (χ3n) is 2.58. The van der Waals surface area contributed by atoms with Gasteiger partial charge in [0, 0.05) is 0 Å². The van der Waals surface area contributed by atoms with E-state index in [-0.39, 0.29) is 11.1 Å². The fourth-order valence-corrected chi connectivity index (χ4v) is 1.54. The van der Waals surface area contributed by atoms with Crippen molar-refractivity contribution in [2.24, 2.45) is 7.05 Å². The average Bonchev–Trinajstić information content (AvgIpc) is 2.85. The van der Waals surface area contributed by atoms with E-state index < -0.39 is 11.9 Å². The smallest absolute Gasteiger partial charge is 0.336 e. The standard InChI is InChI=1S/C8H6O4.C6H11N2/c9-7(10)5-3-1-2-4-6(5)8(11)12;1-3-8-5-4-7(2)6-8/h1-4H,(H,9,10)(H,11,12);4-6H,3H2,1-2H3/q;+1. The Morgan fingerprint density at radius 2 is 1.65 bits per heavy atom. The second-order valence-electron chi connectivity index (χ2n) is 4.07. The largest absolute Gasteiger partial charge is 0.478 e. The van der Waals surface area contributed by atoms with Gasteiger partial charge in [-0.15, -0.1) is 0 Å². The summed E-state index contributed by atoms with van der Waals surface area (Å²) in [4.78, 5) is 20.9. The summed E-state index contributed by atoms with van der Waals surface area (Å²) in [7, 11) is 2.02. The summed E-state index contributed by atoms with van der Waals surface area (Å²) < 4.78 is 4.16. The third kappa shape index (κ3) is 4.24. The van der Waals surface area contributed by atoms with Crippen LogP contribution in [0.25, 0.3) is 0 Å². The van der Waals surface area contributed by atoms with E-state index in [0.717, 1.165) is 6.54 Å². The molecular weight excluding hydrogens is 260 g/mol. The molecule has 0 radical (unpaired) electrons. The summed E-state index contributed by atoms with van der Waals surface area (Å²) in [5, 5.41) is 17.1. The number of benzene rings is 1. The number of carboxylic acids is 2. The molecule has 0 amide bonds. The lowest BCUT2D eigenvalue weighted by molar-refractivity contribution is -0.671. The van der Waals surface area contributed by atoms with Crippen LogP contribution in [0.4, 0.5) is 0 Å². The zero-order chi connectivity index (χ0) is 15.1. The average molecular weight is 277 g/mol. The van der Waals surface area contributed by atoms with Gasteiger partial charge in [-0.25, -0.2) is 18.7 Å². The minimum absolute atomic E-state index is 0.190. The minimum atomic E-state index is -1.23. The van der Waals surface area contributed by atoms with Crippen molar-refractivity contribution in [2.75, 3.05) is 0 Å². The van der Waals surface area contributed by atoms with E-state index in [1.807, 2.05) is 17.8 Å². The van der Waals surface area contributed by atoms with Gasteiger partial charge in [0.2, 0.25) is 6.33 Å². The number of aryl methyl sites for hydroxylation is 2. The number of carbonyl (C=O) groups is 2. The van der Waals surface area contributed by atoms with Crippen LogP contribution >= 0.6 is 0 Å². The fraction of sp³-hybridized carbons (Fsp3) is 0.214. The second kappa shape index (κ2) is 7.08. The van der Waals surface area contributed by atoms with E-state index in [0.29, 0.717) is 0 Å². The van der Waals surface area contributed by atoms with Gasteiger partial charge in [-0.1, -0.05) is 12.1 Å². The first-order valence-corrected chi connectivity index (χ1v) is 6.02. The molecule has 0 saturated carbocycles. The number of aromatic nitrogens is 2. The van der Waals surface area contributed by atoms with Crippen LogP contribution in [-0.4, -0.2) is 26.7 Å². The fourth-order valence-electron chi connectivity index (χ4n) is 1.54. The molecule has 0 aliphatic carbocycles. The number of hydrogen-bond donors (Lipinski definition) is 2. The van der Waals surface area contributed by atoms with Crippen LogP contribution in [0.3, 0.4) is 0 Å². The van der Waals surface area contributed by atoms with Crippen LogP contribution in [0.1, 0.15) is 27.6 Å². The van der Waals surface area contributed by atoms with Gasteiger partial charge in [-0.05, 0) is 19.1 Å². The van der Waals surface area contributed by atoms with E-state index in [2.05, 4.69) is 24.0 Å². The molecule has 1 heterocycles. The van der Waals surface area contributed by atoms with Gasteiger partial charge in [0.25, 0.3) is 0 Å².